The number of amides is 1. The van der Waals surface area contributed by atoms with Gasteiger partial charge in [0.1, 0.15) is 6.61 Å². The molecule has 0 aromatic carbocycles. The first kappa shape index (κ1) is 13.1. The summed E-state index contributed by atoms with van der Waals surface area (Å²) in [5.74, 6) is 0. The first-order chi connectivity index (χ1) is 9.08. The second-order valence-electron chi connectivity index (χ2n) is 4.13. The second-order valence-corrected chi connectivity index (χ2v) is 4.13. The van der Waals surface area contributed by atoms with Gasteiger partial charge in [-0.05, 0) is 6.42 Å². The van der Waals surface area contributed by atoms with Crippen LogP contribution >= 0.6 is 0 Å². The summed E-state index contributed by atoms with van der Waals surface area (Å²) in [6, 6.07) is 2.35. The minimum atomic E-state index is -0.548. The fourth-order valence-electron chi connectivity index (χ4n) is 1.86. The van der Waals surface area contributed by atoms with Gasteiger partial charge < -0.3 is 14.2 Å². The molecule has 0 spiro atoms. The Bertz CT molecular complexity index is 554. The summed E-state index contributed by atoms with van der Waals surface area (Å²) in [4.78, 5) is 34.3. The van der Waals surface area contributed by atoms with Crippen LogP contribution in [0.25, 0.3) is 0 Å². The van der Waals surface area contributed by atoms with Crippen LogP contribution in [-0.4, -0.2) is 40.2 Å². The lowest BCUT2D eigenvalue weighted by Gasteiger charge is -2.12. The van der Waals surface area contributed by atoms with Gasteiger partial charge in [-0.15, -0.1) is 0 Å². The van der Waals surface area contributed by atoms with E-state index in [9.17, 15) is 19.7 Å². The molecule has 0 radical (unpaired) electrons. The maximum Gasteiger partial charge on any atom is 0.409 e. The molecule has 1 saturated heterocycles. The number of nitro groups is 1. The minimum Gasteiger partial charge on any atom is -0.448 e. The molecule has 1 amide bonds. The Kier molecular flexibility index (Phi) is 3.79. The molecule has 0 saturated carbocycles. The third-order valence-corrected chi connectivity index (χ3v) is 2.85. The number of nitrogens with zero attached hydrogens (tertiary/aromatic N) is 3. The Hall–Kier alpha value is -2.38. The maximum atomic E-state index is 11.5. The molecule has 8 heteroatoms. The maximum absolute atomic E-state index is 11.5. The van der Waals surface area contributed by atoms with Gasteiger partial charge >= 0.3 is 6.09 Å². The number of hydrogen-bond donors (Lipinski definition) is 0. The number of ether oxygens (including phenoxy) is 1. The van der Waals surface area contributed by atoms with Gasteiger partial charge in [0.25, 0.3) is 11.2 Å². The van der Waals surface area contributed by atoms with Gasteiger partial charge in [-0.1, -0.05) is 0 Å². The molecule has 1 fully saturated rings. The van der Waals surface area contributed by atoms with Crippen molar-refractivity contribution in [3.05, 3.63) is 38.8 Å². The fourth-order valence-corrected chi connectivity index (χ4v) is 1.86. The van der Waals surface area contributed by atoms with Crippen LogP contribution in [0.4, 0.5) is 10.5 Å². The van der Waals surface area contributed by atoms with E-state index < -0.39 is 4.92 Å². The molecule has 1 aliphatic heterocycles. The summed E-state index contributed by atoms with van der Waals surface area (Å²) >= 11 is 0. The molecular formula is C11H13N3O5. The minimum absolute atomic E-state index is 0.125. The van der Waals surface area contributed by atoms with Gasteiger partial charge in [-0.25, -0.2) is 4.79 Å². The Morgan fingerprint density at radius 2 is 2.11 bits per heavy atom. The summed E-state index contributed by atoms with van der Waals surface area (Å²) in [5, 5.41) is 10.6. The number of pyridine rings is 1. The highest BCUT2D eigenvalue weighted by molar-refractivity contribution is 5.69. The van der Waals surface area contributed by atoms with Crippen molar-refractivity contribution in [2.24, 2.45) is 0 Å². The predicted octanol–water partition coefficient (Wildman–Crippen LogP) is 0.599. The average Bonchev–Trinajstić information content (AvgIpc) is 2.77. The number of aryl methyl sites for hydroxylation is 1. The third-order valence-electron chi connectivity index (χ3n) is 2.85. The van der Waals surface area contributed by atoms with E-state index in [0.29, 0.717) is 32.7 Å². The SMILES string of the molecule is O=C1OCCN1CCCn1cc([N+](=O)[O-])ccc1=O. The van der Waals surface area contributed by atoms with Crippen LogP contribution in [0.15, 0.2) is 23.1 Å². The molecule has 0 unspecified atom stereocenters. The van der Waals surface area contributed by atoms with E-state index in [1.807, 2.05) is 0 Å². The van der Waals surface area contributed by atoms with Crippen molar-refractivity contribution in [1.29, 1.82) is 0 Å². The molecular weight excluding hydrogens is 254 g/mol. The second kappa shape index (κ2) is 5.51. The van der Waals surface area contributed by atoms with Gasteiger partial charge in [0, 0.05) is 25.2 Å². The quantitative estimate of drug-likeness (QED) is 0.575. The number of cyclic esters (lactones) is 1. The first-order valence-electron chi connectivity index (χ1n) is 5.84. The monoisotopic (exact) mass is 267 g/mol. The zero-order chi connectivity index (χ0) is 13.8. The normalized spacial score (nSPS) is 14.5. The zero-order valence-electron chi connectivity index (χ0n) is 10.2. The Morgan fingerprint density at radius 3 is 2.74 bits per heavy atom. The lowest BCUT2D eigenvalue weighted by Crippen LogP contribution is -2.27. The van der Waals surface area contributed by atoms with E-state index in [4.69, 9.17) is 4.74 Å². The van der Waals surface area contributed by atoms with Crippen LogP contribution in [0.2, 0.25) is 0 Å². The van der Waals surface area contributed by atoms with Crippen LogP contribution in [-0.2, 0) is 11.3 Å². The topological polar surface area (TPSA) is 94.7 Å². The van der Waals surface area contributed by atoms with Crippen LogP contribution in [0.3, 0.4) is 0 Å². The number of hydrogen-bond acceptors (Lipinski definition) is 5. The molecule has 2 heterocycles. The molecule has 19 heavy (non-hydrogen) atoms. The third kappa shape index (κ3) is 3.09. The molecule has 8 nitrogen and oxygen atoms in total. The standard InChI is InChI=1S/C11H13N3O5/c15-10-3-2-9(14(17)18)8-13(10)5-1-4-12-6-7-19-11(12)16/h2-3,8H,1,4-7H2. The van der Waals surface area contributed by atoms with E-state index in [0.717, 1.165) is 0 Å². The molecule has 2 rings (SSSR count). The molecule has 1 aromatic rings. The van der Waals surface area contributed by atoms with Crippen molar-refractivity contribution in [3.8, 4) is 0 Å². The number of aromatic nitrogens is 1. The Balaban J connectivity index is 1.95. The van der Waals surface area contributed by atoms with Crippen LogP contribution < -0.4 is 5.56 Å². The van der Waals surface area contributed by atoms with E-state index in [1.54, 1.807) is 4.90 Å². The molecule has 0 aliphatic carbocycles. The molecule has 1 aromatic heterocycles. The van der Waals surface area contributed by atoms with Gasteiger partial charge in [-0.3, -0.25) is 14.9 Å². The lowest BCUT2D eigenvalue weighted by atomic mass is 10.3. The van der Waals surface area contributed by atoms with Gasteiger partial charge in [-0.2, -0.15) is 0 Å². The van der Waals surface area contributed by atoms with Crippen molar-refractivity contribution in [2.75, 3.05) is 19.7 Å². The highest BCUT2D eigenvalue weighted by Crippen LogP contribution is 2.08. The van der Waals surface area contributed by atoms with Gasteiger partial charge in [0.05, 0.1) is 17.7 Å². The van der Waals surface area contributed by atoms with Crippen LogP contribution in [0, 0.1) is 10.1 Å². The Labute approximate surface area is 108 Å². The van der Waals surface area contributed by atoms with E-state index in [2.05, 4.69) is 0 Å². The summed E-state index contributed by atoms with van der Waals surface area (Å²) in [7, 11) is 0. The predicted molar refractivity (Wildman–Crippen MR) is 64.9 cm³/mol. The lowest BCUT2D eigenvalue weighted by molar-refractivity contribution is -0.385. The van der Waals surface area contributed by atoms with Crippen LogP contribution in [0.5, 0.6) is 0 Å². The summed E-state index contributed by atoms with van der Waals surface area (Å²) in [6.45, 7) is 1.72. The molecule has 0 bridgehead atoms. The summed E-state index contributed by atoms with van der Waals surface area (Å²) < 4.78 is 6.05. The molecule has 102 valence electrons. The smallest absolute Gasteiger partial charge is 0.409 e. The van der Waals surface area contributed by atoms with E-state index in [1.165, 1.54) is 22.9 Å². The molecule has 0 atom stereocenters. The van der Waals surface area contributed by atoms with Crippen molar-refractivity contribution in [3.63, 3.8) is 0 Å². The molecule has 1 aliphatic rings. The number of carbonyl (C=O) groups is 1. The number of carbonyl (C=O) groups excluding carboxylic acids is 1. The van der Waals surface area contributed by atoms with Crippen LogP contribution in [0.1, 0.15) is 6.42 Å². The highest BCUT2D eigenvalue weighted by Gasteiger charge is 2.20. The average molecular weight is 267 g/mol. The van der Waals surface area contributed by atoms with Crippen molar-refractivity contribution < 1.29 is 14.5 Å². The summed E-state index contributed by atoms with van der Waals surface area (Å²) in [6.07, 6.45) is 1.40. The fraction of sp³-hybridized carbons (Fsp3) is 0.455. The largest absolute Gasteiger partial charge is 0.448 e. The van der Waals surface area contributed by atoms with E-state index >= 15 is 0 Å². The zero-order valence-corrected chi connectivity index (χ0v) is 10.2. The Morgan fingerprint density at radius 1 is 1.32 bits per heavy atom. The van der Waals surface area contributed by atoms with Crippen molar-refractivity contribution >= 4 is 11.8 Å². The highest BCUT2D eigenvalue weighted by atomic mass is 16.6. The first-order valence-corrected chi connectivity index (χ1v) is 5.84. The van der Waals surface area contributed by atoms with Gasteiger partial charge in [0.2, 0.25) is 0 Å². The molecule has 0 N–H and O–H groups in total. The van der Waals surface area contributed by atoms with Crippen molar-refractivity contribution in [1.82, 2.24) is 9.47 Å². The van der Waals surface area contributed by atoms with Gasteiger partial charge in [0.15, 0.2) is 0 Å². The van der Waals surface area contributed by atoms with E-state index in [-0.39, 0.29) is 17.3 Å². The number of rotatable bonds is 5. The summed E-state index contributed by atoms with van der Waals surface area (Å²) in [5.41, 5.74) is -0.421. The van der Waals surface area contributed by atoms with Crippen molar-refractivity contribution in [2.45, 2.75) is 13.0 Å².